The summed E-state index contributed by atoms with van der Waals surface area (Å²) < 4.78 is 5.30. The molecule has 0 aromatic heterocycles. The summed E-state index contributed by atoms with van der Waals surface area (Å²) in [6.07, 6.45) is 3.10. The molecule has 2 rings (SSSR count). The molecule has 0 radical (unpaired) electrons. The summed E-state index contributed by atoms with van der Waals surface area (Å²) >= 11 is 0. The highest BCUT2D eigenvalue weighted by Gasteiger charge is 2.15. The molecular weight excluding hydrogens is 316 g/mol. The Hall–Kier alpha value is -3.01. The zero-order valence-electron chi connectivity index (χ0n) is 14.6. The van der Waals surface area contributed by atoms with Gasteiger partial charge in [-0.25, -0.2) is 0 Å². The molecule has 0 saturated carbocycles. The number of benzene rings is 2. The number of rotatable bonds is 6. The average molecular weight is 338 g/mol. The minimum atomic E-state index is -0.190. The number of methoxy groups -OCH3 is 1. The quantitative estimate of drug-likeness (QED) is 0.456. The van der Waals surface area contributed by atoms with Crippen molar-refractivity contribution in [2.75, 3.05) is 7.11 Å². The van der Waals surface area contributed by atoms with Gasteiger partial charge >= 0.3 is 0 Å². The third-order valence-electron chi connectivity index (χ3n) is 4.15. The summed E-state index contributed by atoms with van der Waals surface area (Å²) in [5.74, 6) is 0.508. The van der Waals surface area contributed by atoms with Crippen molar-refractivity contribution in [1.29, 1.82) is 0 Å². The fourth-order valence-electron chi connectivity index (χ4n) is 2.41. The summed E-state index contributed by atoms with van der Waals surface area (Å²) in [6.45, 7) is 7.79. The third kappa shape index (κ3) is 4.29. The second-order valence-electron chi connectivity index (χ2n) is 5.97. The number of aromatic hydroxyl groups is 2. The molecule has 0 aliphatic carbocycles. The Kier molecular flexibility index (Phi) is 5.65. The number of allylic oxidation sites excluding steroid dienone is 2. The number of ketones is 1. The van der Waals surface area contributed by atoms with Crippen molar-refractivity contribution in [2.45, 2.75) is 19.8 Å². The van der Waals surface area contributed by atoms with Crippen LogP contribution < -0.4 is 4.74 Å². The van der Waals surface area contributed by atoms with Crippen LogP contribution in [0.25, 0.3) is 6.08 Å². The molecule has 0 bridgehead atoms. The van der Waals surface area contributed by atoms with Crippen molar-refractivity contribution in [3.8, 4) is 17.2 Å². The van der Waals surface area contributed by atoms with Crippen LogP contribution in [-0.4, -0.2) is 23.1 Å². The smallest absolute Gasteiger partial charge is 0.185 e. The second kappa shape index (κ2) is 7.71. The summed E-state index contributed by atoms with van der Waals surface area (Å²) in [4.78, 5) is 12.3. The van der Waals surface area contributed by atoms with Gasteiger partial charge < -0.3 is 14.9 Å². The van der Waals surface area contributed by atoms with Gasteiger partial charge in [0.15, 0.2) is 5.78 Å². The monoisotopic (exact) mass is 338 g/mol. The van der Waals surface area contributed by atoms with E-state index < -0.39 is 0 Å². The van der Waals surface area contributed by atoms with Gasteiger partial charge in [-0.3, -0.25) is 4.79 Å². The van der Waals surface area contributed by atoms with Gasteiger partial charge in [0.1, 0.15) is 17.2 Å². The first-order chi connectivity index (χ1) is 11.8. The van der Waals surface area contributed by atoms with E-state index in [1.54, 1.807) is 30.3 Å². The van der Waals surface area contributed by atoms with Crippen LogP contribution in [0.4, 0.5) is 0 Å². The maximum absolute atomic E-state index is 12.3. The maximum atomic E-state index is 12.3. The van der Waals surface area contributed by atoms with Crippen LogP contribution in [0.2, 0.25) is 0 Å². The van der Waals surface area contributed by atoms with Crippen LogP contribution in [0.3, 0.4) is 0 Å². The van der Waals surface area contributed by atoms with Gasteiger partial charge in [0.2, 0.25) is 0 Å². The Bertz CT molecular complexity index is 817. The summed E-state index contributed by atoms with van der Waals surface area (Å²) in [5, 5.41) is 19.5. The average Bonchev–Trinajstić information content (AvgIpc) is 2.59. The molecule has 0 spiro atoms. The van der Waals surface area contributed by atoms with E-state index in [-0.39, 0.29) is 23.2 Å². The molecule has 0 aliphatic heterocycles. The number of phenolic OH excluding ortho intramolecular Hbond substituents is 2. The lowest BCUT2D eigenvalue weighted by molar-refractivity contribution is 0.104. The standard InChI is InChI=1S/C21H22O4/c1-13(2)14(3)18-11-16(21(25-4)12-20(18)24)7-10-19(23)15-5-8-17(22)9-6-15/h5-12,14,22,24H,1H2,2-4H3/t14-/m1/s1. The van der Waals surface area contributed by atoms with Crippen LogP contribution >= 0.6 is 0 Å². The third-order valence-corrected chi connectivity index (χ3v) is 4.15. The Morgan fingerprint density at radius 1 is 1.20 bits per heavy atom. The first kappa shape index (κ1) is 18.3. The van der Waals surface area contributed by atoms with Crippen LogP contribution in [0.15, 0.2) is 54.6 Å². The molecule has 25 heavy (non-hydrogen) atoms. The summed E-state index contributed by atoms with van der Waals surface area (Å²) in [6, 6.07) is 9.40. The van der Waals surface area contributed by atoms with Crippen molar-refractivity contribution in [3.63, 3.8) is 0 Å². The Balaban J connectivity index is 2.36. The van der Waals surface area contributed by atoms with E-state index in [1.165, 1.54) is 25.3 Å². The molecule has 4 heteroatoms. The molecule has 0 fully saturated rings. The molecular formula is C21H22O4. The first-order valence-electron chi connectivity index (χ1n) is 7.91. The van der Waals surface area contributed by atoms with Gasteiger partial charge in [-0.1, -0.05) is 19.1 Å². The maximum Gasteiger partial charge on any atom is 0.185 e. The molecule has 2 aromatic carbocycles. The SMILES string of the molecule is C=C(C)[C@@H](C)c1cc(C=CC(=O)c2ccc(O)cc2)c(OC)cc1O. The Labute approximate surface area is 147 Å². The molecule has 2 aromatic rings. The number of hydrogen-bond acceptors (Lipinski definition) is 4. The summed E-state index contributed by atoms with van der Waals surface area (Å²) in [7, 11) is 1.51. The highest BCUT2D eigenvalue weighted by atomic mass is 16.5. The van der Waals surface area contributed by atoms with Gasteiger partial charge in [0.05, 0.1) is 7.11 Å². The Morgan fingerprint density at radius 3 is 2.40 bits per heavy atom. The molecule has 130 valence electrons. The minimum absolute atomic E-state index is 0.0224. The number of hydrogen-bond donors (Lipinski definition) is 2. The van der Waals surface area contributed by atoms with Gasteiger partial charge in [-0.2, -0.15) is 0 Å². The van der Waals surface area contributed by atoms with E-state index in [2.05, 4.69) is 6.58 Å². The lowest BCUT2D eigenvalue weighted by Crippen LogP contribution is -1.98. The zero-order valence-corrected chi connectivity index (χ0v) is 14.6. The highest BCUT2D eigenvalue weighted by Crippen LogP contribution is 2.36. The van der Waals surface area contributed by atoms with Crippen molar-refractivity contribution in [1.82, 2.24) is 0 Å². The predicted molar refractivity (Wildman–Crippen MR) is 99.4 cm³/mol. The van der Waals surface area contributed by atoms with E-state index in [9.17, 15) is 15.0 Å². The van der Waals surface area contributed by atoms with Crippen LogP contribution in [0.1, 0.15) is 41.3 Å². The van der Waals surface area contributed by atoms with Gasteiger partial charge in [0.25, 0.3) is 0 Å². The molecule has 1 atom stereocenters. The van der Waals surface area contributed by atoms with E-state index >= 15 is 0 Å². The first-order valence-corrected chi connectivity index (χ1v) is 7.91. The van der Waals surface area contributed by atoms with E-state index in [0.29, 0.717) is 16.9 Å². The molecule has 0 saturated heterocycles. The van der Waals surface area contributed by atoms with E-state index in [0.717, 1.165) is 11.1 Å². The molecule has 0 aliphatic rings. The predicted octanol–water partition coefficient (Wildman–Crippen LogP) is 4.68. The van der Waals surface area contributed by atoms with Gasteiger partial charge in [-0.05, 0) is 49.4 Å². The number of ether oxygens (including phenoxy) is 1. The number of carbonyl (C=O) groups is 1. The lowest BCUT2D eigenvalue weighted by atomic mass is 9.92. The van der Waals surface area contributed by atoms with E-state index in [4.69, 9.17) is 4.74 Å². The molecule has 0 amide bonds. The number of carbonyl (C=O) groups excluding carboxylic acids is 1. The normalized spacial score (nSPS) is 12.1. The lowest BCUT2D eigenvalue weighted by Gasteiger charge is -2.16. The molecule has 4 nitrogen and oxygen atoms in total. The fraction of sp³-hybridized carbons (Fsp3) is 0.190. The van der Waals surface area contributed by atoms with Gasteiger partial charge in [-0.15, -0.1) is 0 Å². The largest absolute Gasteiger partial charge is 0.508 e. The van der Waals surface area contributed by atoms with E-state index in [1.807, 2.05) is 13.8 Å². The van der Waals surface area contributed by atoms with Crippen LogP contribution in [-0.2, 0) is 0 Å². The molecule has 2 N–H and O–H groups in total. The fourth-order valence-corrected chi connectivity index (χ4v) is 2.41. The highest BCUT2D eigenvalue weighted by molar-refractivity contribution is 6.07. The number of phenols is 2. The van der Waals surface area contributed by atoms with Gasteiger partial charge in [0, 0.05) is 28.7 Å². The summed E-state index contributed by atoms with van der Waals surface area (Å²) in [5.41, 5.74) is 2.82. The zero-order chi connectivity index (χ0) is 18.6. The topological polar surface area (TPSA) is 66.8 Å². The van der Waals surface area contributed by atoms with Crippen LogP contribution in [0.5, 0.6) is 17.2 Å². The second-order valence-corrected chi connectivity index (χ2v) is 5.97. The molecule has 0 heterocycles. The van der Waals surface area contributed by atoms with Crippen molar-refractivity contribution >= 4 is 11.9 Å². The van der Waals surface area contributed by atoms with Crippen molar-refractivity contribution in [3.05, 3.63) is 71.3 Å². The van der Waals surface area contributed by atoms with Crippen molar-refractivity contribution in [2.24, 2.45) is 0 Å². The Morgan fingerprint density at radius 2 is 1.84 bits per heavy atom. The van der Waals surface area contributed by atoms with Crippen LogP contribution in [0, 0.1) is 0 Å². The van der Waals surface area contributed by atoms with Crippen molar-refractivity contribution < 1.29 is 19.7 Å². The minimum Gasteiger partial charge on any atom is -0.508 e. The molecule has 0 unspecified atom stereocenters.